The highest BCUT2D eigenvalue weighted by molar-refractivity contribution is 7.89. The minimum Gasteiger partial charge on any atom is -0.397 e. The molecule has 0 spiro atoms. The first-order valence-electron chi connectivity index (χ1n) is 5.65. The molecule has 0 aliphatic carbocycles. The van der Waals surface area contributed by atoms with E-state index in [4.69, 9.17) is 22.5 Å². The van der Waals surface area contributed by atoms with E-state index in [1.54, 1.807) is 6.07 Å². The number of thiophene rings is 1. The van der Waals surface area contributed by atoms with Crippen LogP contribution in [0.3, 0.4) is 0 Å². The third-order valence-electron chi connectivity index (χ3n) is 2.76. The fourth-order valence-corrected chi connectivity index (χ4v) is 3.50. The van der Waals surface area contributed by atoms with Gasteiger partial charge in [-0.2, -0.15) is 0 Å². The fraction of sp³-hybridized carbons (Fsp3) is 0.167. The summed E-state index contributed by atoms with van der Waals surface area (Å²) < 4.78 is 23.2. The van der Waals surface area contributed by atoms with Crippen LogP contribution in [0.4, 0.5) is 11.4 Å². The van der Waals surface area contributed by atoms with Gasteiger partial charge < -0.3 is 10.6 Å². The van der Waals surface area contributed by atoms with E-state index in [-0.39, 0.29) is 4.90 Å². The minimum absolute atomic E-state index is 0.00585. The number of benzene rings is 1. The smallest absolute Gasteiger partial charge is 0.238 e. The molecular weight excluding hydrogens is 318 g/mol. The van der Waals surface area contributed by atoms with Crippen molar-refractivity contribution >= 4 is 44.3 Å². The van der Waals surface area contributed by atoms with Gasteiger partial charge in [-0.25, -0.2) is 13.6 Å². The second kappa shape index (κ2) is 5.61. The summed E-state index contributed by atoms with van der Waals surface area (Å²) in [5.41, 5.74) is 6.99. The number of primary sulfonamides is 1. The van der Waals surface area contributed by atoms with E-state index in [2.05, 4.69) is 0 Å². The van der Waals surface area contributed by atoms with E-state index in [0.717, 1.165) is 14.9 Å². The van der Waals surface area contributed by atoms with Crippen LogP contribution in [-0.2, 0) is 16.6 Å². The molecule has 4 N–H and O–H groups in total. The Hall–Kier alpha value is -1.28. The van der Waals surface area contributed by atoms with Crippen molar-refractivity contribution in [2.24, 2.45) is 5.14 Å². The van der Waals surface area contributed by atoms with Crippen LogP contribution in [0.5, 0.6) is 0 Å². The van der Waals surface area contributed by atoms with Crippen LogP contribution >= 0.6 is 22.9 Å². The van der Waals surface area contributed by atoms with Crippen molar-refractivity contribution in [2.75, 3.05) is 17.7 Å². The second-order valence-corrected chi connectivity index (χ2v) is 7.69. The number of hydrogen-bond acceptors (Lipinski definition) is 5. The Morgan fingerprint density at radius 3 is 2.50 bits per heavy atom. The highest BCUT2D eigenvalue weighted by Gasteiger charge is 2.13. The van der Waals surface area contributed by atoms with E-state index >= 15 is 0 Å². The first-order valence-corrected chi connectivity index (χ1v) is 8.39. The Labute approximate surface area is 126 Å². The summed E-state index contributed by atoms with van der Waals surface area (Å²) in [6.07, 6.45) is 0. The number of nitrogens with two attached hydrogens (primary N) is 2. The monoisotopic (exact) mass is 331 g/mol. The van der Waals surface area contributed by atoms with Gasteiger partial charge in [0.25, 0.3) is 0 Å². The zero-order chi connectivity index (χ0) is 14.9. The number of nitrogens with zero attached hydrogens (tertiary/aromatic N) is 1. The molecule has 2 rings (SSSR count). The summed E-state index contributed by atoms with van der Waals surface area (Å²) >= 11 is 7.38. The highest BCUT2D eigenvalue weighted by atomic mass is 35.5. The van der Waals surface area contributed by atoms with Gasteiger partial charge in [0.05, 0.1) is 27.2 Å². The van der Waals surface area contributed by atoms with Crippen LogP contribution < -0.4 is 15.8 Å². The molecule has 108 valence electrons. The fourth-order valence-electron chi connectivity index (χ4n) is 1.81. The number of halogens is 1. The Morgan fingerprint density at radius 2 is 2.00 bits per heavy atom. The molecule has 2 aromatic rings. The zero-order valence-corrected chi connectivity index (χ0v) is 13.1. The maximum Gasteiger partial charge on any atom is 0.238 e. The zero-order valence-electron chi connectivity index (χ0n) is 10.7. The molecule has 20 heavy (non-hydrogen) atoms. The molecule has 0 saturated carbocycles. The quantitative estimate of drug-likeness (QED) is 0.841. The van der Waals surface area contributed by atoms with Crippen LogP contribution in [-0.4, -0.2) is 15.5 Å². The number of rotatable bonds is 4. The van der Waals surface area contributed by atoms with Crippen molar-refractivity contribution in [3.05, 3.63) is 39.5 Å². The molecule has 1 aromatic carbocycles. The number of hydrogen-bond donors (Lipinski definition) is 2. The predicted octanol–water partition coefficient (Wildman–Crippen LogP) is 2.27. The van der Waals surface area contributed by atoms with E-state index in [1.165, 1.54) is 23.5 Å². The van der Waals surface area contributed by atoms with Crippen LogP contribution in [0.15, 0.2) is 35.2 Å². The number of sulfonamides is 1. The molecule has 0 fully saturated rings. The molecule has 0 unspecified atom stereocenters. The average molecular weight is 332 g/mol. The third kappa shape index (κ3) is 3.43. The molecule has 0 radical (unpaired) electrons. The average Bonchev–Trinajstić information content (AvgIpc) is 2.73. The van der Waals surface area contributed by atoms with Gasteiger partial charge in [0.15, 0.2) is 0 Å². The van der Waals surface area contributed by atoms with Crippen molar-refractivity contribution in [2.45, 2.75) is 11.4 Å². The Bertz CT molecular complexity index is 728. The Balaban J connectivity index is 2.24. The molecular formula is C12H14ClN3O2S2. The Morgan fingerprint density at radius 1 is 1.30 bits per heavy atom. The van der Waals surface area contributed by atoms with Gasteiger partial charge in [0.1, 0.15) is 0 Å². The van der Waals surface area contributed by atoms with Crippen LogP contribution in [0.1, 0.15) is 4.88 Å². The van der Waals surface area contributed by atoms with Crippen LogP contribution in [0.2, 0.25) is 4.34 Å². The van der Waals surface area contributed by atoms with Crippen molar-refractivity contribution in [1.29, 1.82) is 0 Å². The lowest BCUT2D eigenvalue weighted by atomic mass is 10.2. The van der Waals surface area contributed by atoms with Gasteiger partial charge in [-0.05, 0) is 30.3 Å². The first kappa shape index (κ1) is 15.1. The lowest BCUT2D eigenvalue weighted by Gasteiger charge is -2.20. The molecule has 0 saturated heterocycles. The molecule has 0 bridgehead atoms. The summed E-state index contributed by atoms with van der Waals surface area (Å²) in [5.74, 6) is 0. The predicted molar refractivity (Wildman–Crippen MR) is 83.7 cm³/mol. The summed E-state index contributed by atoms with van der Waals surface area (Å²) in [7, 11) is -1.87. The standard InChI is InChI=1S/C12H14ClN3O2S2/c1-16(7-8-2-5-12(13)19-8)11-4-3-9(6-10(11)14)20(15,17)18/h2-6H,7,14H2,1H3,(H2,15,17,18). The van der Waals surface area contributed by atoms with Gasteiger partial charge >= 0.3 is 0 Å². The third-order valence-corrected chi connectivity index (χ3v) is 4.89. The normalized spacial score (nSPS) is 11.6. The lowest BCUT2D eigenvalue weighted by molar-refractivity contribution is 0.598. The molecule has 0 amide bonds. The maximum absolute atomic E-state index is 11.3. The largest absolute Gasteiger partial charge is 0.397 e. The second-order valence-electron chi connectivity index (χ2n) is 4.33. The number of anilines is 2. The lowest BCUT2D eigenvalue weighted by Crippen LogP contribution is -2.18. The molecule has 8 heteroatoms. The van der Waals surface area contributed by atoms with Gasteiger partial charge in [0, 0.05) is 11.9 Å². The molecule has 1 heterocycles. The van der Waals surface area contributed by atoms with Crippen LogP contribution in [0.25, 0.3) is 0 Å². The van der Waals surface area contributed by atoms with Crippen molar-refractivity contribution in [3.63, 3.8) is 0 Å². The molecule has 5 nitrogen and oxygen atoms in total. The topological polar surface area (TPSA) is 89.4 Å². The molecule has 0 atom stereocenters. The molecule has 0 aliphatic heterocycles. The summed E-state index contributed by atoms with van der Waals surface area (Å²) in [6, 6.07) is 8.23. The summed E-state index contributed by atoms with van der Waals surface area (Å²) in [5, 5.41) is 5.07. The van der Waals surface area contributed by atoms with E-state index in [9.17, 15) is 8.42 Å². The van der Waals surface area contributed by atoms with E-state index < -0.39 is 10.0 Å². The van der Waals surface area contributed by atoms with E-state index in [0.29, 0.717) is 12.2 Å². The summed E-state index contributed by atoms with van der Waals surface area (Å²) in [6.45, 7) is 0.635. The SMILES string of the molecule is CN(Cc1ccc(Cl)s1)c1ccc(S(N)(=O)=O)cc1N. The van der Waals surface area contributed by atoms with Crippen molar-refractivity contribution in [3.8, 4) is 0 Å². The minimum atomic E-state index is -3.74. The van der Waals surface area contributed by atoms with Gasteiger partial charge in [-0.15, -0.1) is 11.3 Å². The van der Waals surface area contributed by atoms with Gasteiger partial charge in [0.2, 0.25) is 10.0 Å². The maximum atomic E-state index is 11.3. The molecule has 0 aliphatic rings. The summed E-state index contributed by atoms with van der Waals surface area (Å²) in [4.78, 5) is 3.02. The first-order chi connectivity index (χ1) is 9.27. The van der Waals surface area contributed by atoms with Crippen molar-refractivity contribution in [1.82, 2.24) is 0 Å². The Kier molecular flexibility index (Phi) is 4.24. The van der Waals surface area contributed by atoms with E-state index in [1.807, 2.05) is 24.1 Å². The number of nitrogen functional groups attached to an aromatic ring is 1. The van der Waals surface area contributed by atoms with Gasteiger partial charge in [-0.1, -0.05) is 11.6 Å². The van der Waals surface area contributed by atoms with Gasteiger partial charge in [-0.3, -0.25) is 0 Å². The van der Waals surface area contributed by atoms with Crippen LogP contribution in [0, 0.1) is 0 Å². The molecule has 1 aromatic heterocycles. The van der Waals surface area contributed by atoms with Crippen molar-refractivity contribution < 1.29 is 8.42 Å². The highest BCUT2D eigenvalue weighted by Crippen LogP contribution is 2.28.